The highest BCUT2D eigenvalue weighted by atomic mass is 16.3. The van der Waals surface area contributed by atoms with E-state index in [4.69, 9.17) is 4.98 Å². The van der Waals surface area contributed by atoms with Crippen LogP contribution in [0.2, 0.25) is 0 Å². The van der Waals surface area contributed by atoms with Crippen LogP contribution in [0, 0.1) is 12.8 Å². The maximum atomic E-state index is 10.3. The Labute approximate surface area is 199 Å². The van der Waals surface area contributed by atoms with Gasteiger partial charge in [0.15, 0.2) is 17.0 Å². The lowest BCUT2D eigenvalue weighted by molar-refractivity contribution is 0.0303. The average molecular weight is 461 g/mol. The number of hydrogen-bond acceptors (Lipinski definition) is 7. The van der Waals surface area contributed by atoms with Crippen molar-refractivity contribution in [3.8, 4) is 5.75 Å². The summed E-state index contributed by atoms with van der Waals surface area (Å²) >= 11 is 0. The number of aromatic hydroxyl groups is 1. The van der Waals surface area contributed by atoms with Gasteiger partial charge in [0.1, 0.15) is 5.75 Å². The number of hydrogen-bond donors (Lipinski definition) is 4. The number of phenolic OH excluding ortho intramolecular Hbond substituents is 1. The molecule has 0 saturated heterocycles. The summed E-state index contributed by atoms with van der Waals surface area (Å²) in [4.78, 5) is 14.0. The van der Waals surface area contributed by atoms with Gasteiger partial charge in [0.2, 0.25) is 5.95 Å². The third-order valence-corrected chi connectivity index (χ3v) is 6.11. The van der Waals surface area contributed by atoms with E-state index in [1.165, 1.54) is 0 Å². The number of rotatable bonds is 9. The van der Waals surface area contributed by atoms with Crippen molar-refractivity contribution in [2.45, 2.75) is 46.4 Å². The van der Waals surface area contributed by atoms with Crippen LogP contribution in [-0.2, 0) is 13.1 Å². The lowest BCUT2D eigenvalue weighted by Gasteiger charge is -2.26. The molecule has 4 aromatic rings. The predicted molar refractivity (Wildman–Crippen MR) is 135 cm³/mol. The largest absolute Gasteiger partial charge is 0.508 e. The number of benzene rings is 2. The topological polar surface area (TPSA) is 108 Å². The zero-order chi connectivity index (χ0) is 24.3. The molecule has 1 atom stereocenters. The molecule has 0 aliphatic rings. The van der Waals surface area contributed by atoms with E-state index < -0.39 is 5.60 Å². The minimum Gasteiger partial charge on any atom is -0.508 e. The molecule has 2 aromatic carbocycles. The standard InChI is InChI=1S/C26H32N6O2/c1-17-10-11-21(33)20(12-17)14-27-23-22-24(31-25(30-23)28-13-18(2)26(3,4)34)32(16-29-22)15-19-8-6-5-7-9-19/h5-12,16,18,33-34H,13-15H2,1-4H3,(H2,27,28,30,31). The molecule has 178 valence electrons. The van der Waals surface area contributed by atoms with E-state index in [-0.39, 0.29) is 11.7 Å². The summed E-state index contributed by atoms with van der Waals surface area (Å²) in [6.45, 7) is 9.09. The van der Waals surface area contributed by atoms with Crippen LogP contribution in [0.1, 0.15) is 37.5 Å². The molecule has 0 spiro atoms. The SMILES string of the molecule is Cc1ccc(O)c(CNc2nc(NCC(C)C(C)(C)O)nc3c2ncn3Cc2ccccc2)c1. The van der Waals surface area contributed by atoms with E-state index >= 15 is 0 Å². The third kappa shape index (κ3) is 5.46. The second kappa shape index (κ2) is 9.69. The number of nitrogens with zero attached hydrogens (tertiary/aromatic N) is 4. The van der Waals surface area contributed by atoms with E-state index in [1.54, 1.807) is 26.2 Å². The van der Waals surface area contributed by atoms with Crippen LogP contribution in [0.25, 0.3) is 11.2 Å². The van der Waals surface area contributed by atoms with Gasteiger partial charge in [-0.2, -0.15) is 9.97 Å². The summed E-state index contributed by atoms with van der Waals surface area (Å²) in [5.41, 5.74) is 3.52. The quantitative estimate of drug-likeness (QED) is 0.295. The molecule has 34 heavy (non-hydrogen) atoms. The van der Waals surface area contributed by atoms with E-state index in [9.17, 15) is 10.2 Å². The smallest absolute Gasteiger partial charge is 0.226 e. The molecule has 8 heteroatoms. The van der Waals surface area contributed by atoms with Crippen molar-refractivity contribution in [2.24, 2.45) is 5.92 Å². The molecule has 4 rings (SSSR count). The molecule has 4 N–H and O–H groups in total. The highest BCUT2D eigenvalue weighted by Gasteiger charge is 2.22. The second-order valence-corrected chi connectivity index (χ2v) is 9.35. The summed E-state index contributed by atoms with van der Waals surface area (Å²) in [7, 11) is 0. The first kappa shape index (κ1) is 23.5. The van der Waals surface area contributed by atoms with Gasteiger partial charge >= 0.3 is 0 Å². The van der Waals surface area contributed by atoms with E-state index in [0.29, 0.717) is 42.6 Å². The molecular weight excluding hydrogens is 428 g/mol. The van der Waals surface area contributed by atoms with Gasteiger partial charge in [-0.05, 0) is 32.4 Å². The minimum absolute atomic E-state index is 0.0123. The van der Waals surface area contributed by atoms with Gasteiger partial charge in [-0.15, -0.1) is 0 Å². The molecule has 0 radical (unpaired) electrons. The lowest BCUT2D eigenvalue weighted by atomic mass is 9.93. The normalized spacial score (nSPS) is 12.6. The monoisotopic (exact) mass is 460 g/mol. The van der Waals surface area contributed by atoms with Gasteiger partial charge in [-0.25, -0.2) is 4.98 Å². The average Bonchev–Trinajstić information content (AvgIpc) is 3.20. The van der Waals surface area contributed by atoms with Crippen molar-refractivity contribution in [1.29, 1.82) is 0 Å². The fraction of sp³-hybridized carbons (Fsp3) is 0.346. The number of nitrogens with one attached hydrogen (secondary N) is 2. The summed E-state index contributed by atoms with van der Waals surface area (Å²) in [5.74, 6) is 1.25. The zero-order valence-electron chi connectivity index (χ0n) is 20.1. The van der Waals surface area contributed by atoms with Crippen LogP contribution in [0.4, 0.5) is 11.8 Å². The van der Waals surface area contributed by atoms with Crippen molar-refractivity contribution in [1.82, 2.24) is 19.5 Å². The molecule has 8 nitrogen and oxygen atoms in total. The highest BCUT2D eigenvalue weighted by Crippen LogP contribution is 2.25. The number of aryl methyl sites for hydroxylation is 1. The molecular formula is C26H32N6O2. The van der Waals surface area contributed by atoms with Crippen LogP contribution in [0.3, 0.4) is 0 Å². The van der Waals surface area contributed by atoms with Crippen molar-refractivity contribution in [3.63, 3.8) is 0 Å². The first-order valence-corrected chi connectivity index (χ1v) is 11.5. The number of anilines is 2. The number of imidazole rings is 1. The van der Waals surface area contributed by atoms with Gasteiger partial charge < -0.3 is 25.4 Å². The Kier molecular flexibility index (Phi) is 6.70. The van der Waals surface area contributed by atoms with Crippen molar-refractivity contribution >= 4 is 22.9 Å². The maximum Gasteiger partial charge on any atom is 0.226 e. The van der Waals surface area contributed by atoms with Crippen LogP contribution in [-0.4, -0.2) is 41.9 Å². The van der Waals surface area contributed by atoms with Gasteiger partial charge in [0.05, 0.1) is 18.5 Å². The van der Waals surface area contributed by atoms with Crippen molar-refractivity contribution in [3.05, 3.63) is 71.5 Å². The van der Waals surface area contributed by atoms with E-state index in [0.717, 1.165) is 16.7 Å². The Morgan fingerprint density at radius 3 is 2.56 bits per heavy atom. The van der Waals surface area contributed by atoms with Crippen molar-refractivity contribution < 1.29 is 10.2 Å². The Morgan fingerprint density at radius 1 is 1.06 bits per heavy atom. The number of phenols is 1. The first-order chi connectivity index (χ1) is 16.2. The van der Waals surface area contributed by atoms with E-state index in [1.807, 2.05) is 48.7 Å². The Morgan fingerprint density at radius 2 is 1.82 bits per heavy atom. The molecule has 1 unspecified atom stereocenters. The van der Waals surface area contributed by atoms with Crippen LogP contribution in [0.5, 0.6) is 5.75 Å². The zero-order valence-corrected chi connectivity index (χ0v) is 20.1. The molecule has 0 amide bonds. The fourth-order valence-corrected chi connectivity index (χ4v) is 3.57. The molecule has 2 aromatic heterocycles. The van der Waals surface area contributed by atoms with Crippen LogP contribution >= 0.6 is 0 Å². The molecule has 0 aliphatic heterocycles. The Balaban J connectivity index is 1.66. The number of fused-ring (bicyclic) bond motifs is 1. The van der Waals surface area contributed by atoms with Gasteiger partial charge in [-0.1, -0.05) is 55.0 Å². The first-order valence-electron chi connectivity index (χ1n) is 11.5. The van der Waals surface area contributed by atoms with Crippen LogP contribution in [0.15, 0.2) is 54.9 Å². The number of aliphatic hydroxyl groups is 1. The molecule has 2 heterocycles. The fourth-order valence-electron chi connectivity index (χ4n) is 3.57. The second-order valence-electron chi connectivity index (χ2n) is 9.35. The summed E-state index contributed by atoms with van der Waals surface area (Å²) < 4.78 is 1.99. The summed E-state index contributed by atoms with van der Waals surface area (Å²) in [5, 5.41) is 27.1. The molecule has 0 aliphatic carbocycles. The summed E-state index contributed by atoms with van der Waals surface area (Å²) in [6, 6.07) is 15.7. The van der Waals surface area contributed by atoms with Gasteiger partial charge in [0, 0.05) is 24.6 Å². The Hall–Kier alpha value is -3.65. The minimum atomic E-state index is -0.823. The predicted octanol–water partition coefficient (Wildman–Crippen LogP) is 4.32. The molecule has 0 fully saturated rings. The van der Waals surface area contributed by atoms with Crippen LogP contribution < -0.4 is 10.6 Å². The highest BCUT2D eigenvalue weighted by molar-refractivity contribution is 5.84. The third-order valence-electron chi connectivity index (χ3n) is 6.11. The summed E-state index contributed by atoms with van der Waals surface area (Å²) in [6.07, 6.45) is 1.77. The lowest BCUT2D eigenvalue weighted by Crippen LogP contribution is -2.33. The Bertz CT molecular complexity index is 1260. The van der Waals surface area contributed by atoms with Gasteiger partial charge in [0.25, 0.3) is 0 Å². The van der Waals surface area contributed by atoms with Gasteiger partial charge in [-0.3, -0.25) is 0 Å². The number of aromatic nitrogens is 4. The van der Waals surface area contributed by atoms with Crippen molar-refractivity contribution in [2.75, 3.05) is 17.2 Å². The van der Waals surface area contributed by atoms with E-state index in [2.05, 4.69) is 32.7 Å². The molecule has 0 bridgehead atoms. The maximum absolute atomic E-state index is 10.3. The molecule has 0 saturated carbocycles.